The maximum Gasteiger partial charge on any atom is 0.279 e. The summed E-state index contributed by atoms with van der Waals surface area (Å²) in [6.07, 6.45) is 7.36. The summed E-state index contributed by atoms with van der Waals surface area (Å²) in [5.41, 5.74) is 3.98. The highest BCUT2D eigenvalue weighted by molar-refractivity contribution is 6.33. The maximum absolute atomic E-state index is 12.6. The number of nitrogens with one attached hydrogen (secondary N) is 2. The van der Waals surface area contributed by atoms with Gasteiger partial charge in [0, 0.05) is 11.4 Å². The molecule has 11 heteroatoms. The molecule has 0 bridgehead atoms. The van der Waals surface area contributed by atoms with Gasteiger partial charge in [0.25, 0.3) is 11.8 Å². The van der Waals surface area contributed by atoms with Gasteiger partial charge in [-0.25, -0.2) is 0 Å². The number of para-hydroxylation sites is 1. The van der Waals surface area contributed by atoms with E-state index >= 15 is 0 Å². The summed E-state index contributed by atoms with van der Waals surface area (Å²) in [4.78, 5) is 25.3. The van der Waals surface area contributed by atoms with Gasteiger partial charge in [-0.3, -0.25) is 9.59 Å². The fraction of sp³-hybridized carbons (Fsp3) is 0.152. The number of hydrogen-bond donors (Lipinski definition) is 4. The minimum Gasteiger partial charge on any atom is -0.510 e. The molecule has 3 aromatic rings. The van der Waals surface area contributed by atoms with Gasteiger partial charge in [-0.1, -0.05) is 54.1 Å². The molecule has 44 heavy (non-hydrogen) atoms. The second kappa shape index (κ2) is 14.7. The van der Waals surface area contributed by atoms with Crippen molar-refractivity contribution < 1.29 is 19.8 Å². The van der Waals surface area contributed by atoms with Crippen molar-refractivity contribution in [2.45, 2.75) is 33.6 Å². The quantitative estimate of drug-likeness (QED) is 0.109. The number of allylic oxidation sites excluding steroid dienone is 5. The van der Waals surface area contributed by atoms with E-state index in [1.54, 1.807) is 54.6 Å². The van der Waals surface area contributed by atoms with Crippen LogP contribution in [-0.2, 0) is 9.59 Å². The number of carbonyl (C=O) groups is 2. The van der Waals surface area contributed by atoms with Crippen LogP contribution >= 0.6 is 11.6 Å². The molecule has 0 saturated heterocycles. The third kappa shape index (κ3) is 8.36. The highest BCUT2D eigenvalue weighted by Gasteiger charge is 2.16. The van der Waals surface area contributed by atoms with E-state index in [1.807, 2.05) is 37.3 Å². The molecule has 0 radical (unpaired) electrons. The molecule has 0 spiro atoms. The SMILES string of the molecule is C/C(O)=C(/N=Nc1ccc(-c2ccc(N=N/C(C(=O)Nc3ccccc3)=C(/C)O)c(C)c2)cc1Cl)C(=O)NC1=CCCC=C1. The lowest BCUT2D eigenvalue weighted by atomic mass is 10.0. The zero-order valence-corrected chi connectivity index (χ0v) is 25.1. The minimum atomic E-state index is -0.586. The fourth-order valence-corrected chi connectivity index (χ4v) is 4.31. The Labute approximate surface area is 259 Å². The molecular formula is C33H31ClN6O4. The molecular weight excluding hydrogens is 580 g/mol. The minimum absolute atomic E-state index is 0.205. The van der Waals surface area contributed by atoms with Crippen molar-refractivity contribution in [1.82, 2.24) is 5.32 Å². The highest BCUT2D eigenvalue weighted by Crippen LogP contribution is 2.33. The van der Waals surface area contributed by atoms with Gasteiger partial charge in [0.05, 0.1) is 10.7 Å². The van der Waals surface area contributed by atoms with Gasteiger partial charge in [-0.05, 0) is 92.8 Å². The number of benzene rings is 3. The smallest absolute Gasteiger partial charge is 0.279 e. The summed E-state index contributed by atoms with van der Waals surface area (Å²) in [6, 6.07) is 19.5. The third-order valence-electron chi connectivity index (χ3n) is 6.39. The molecule has 4 rings (SSSR count). The van der Waals surface area contributed by atoms with E-state index in [1.165, 1.54) is 13.8 Å². The number of aliphatic hydroxyl groups is 2. The summed E-state index contributed by atoms with van der Waals surface area (Å²) < 4.78 is 0. The number of rotatable bonds is 9. The van der Waals surface area contributed by atoms with Crippen LogP contribution in [-0.4, -0.2) is 22.0 Å². The van der Waals surface area contributed by atoms with E-state index in [4.69, 9.17) is 11.6 Å². The van der Waals surface area contributed by atoms with Crippen LogP contribution in [0, 0.1) is 6.92 Å². The molecule has 0 saturated carbocycles. The highest BCUT2D eigenvalue weighted by atomic mass is 35.5. The van der Waals surface area contributed by atoms with Gasteiger partial charge in [0.1, 0.15) is 17.2 Å². The van der Waals surface area contributed by atoms with Crippen LogP contribution in [0.25, 0.3) is 11.1 Å². The predicted octanol–water partition coefficient (Wildman–Crippen LogP) is 9.05. The van der Waals surface area contributed by atoms with Gasteiger partial charge in [-0.2, -0.15) is 0 Å². The zero-order chi connectivity index (χ0) is 31.6. The average Bonchev–Trinajstić information content (AvgIpc) is 2.99. The normalized spacial score (nSPS) is 14.2. The van der Waals surface area contributed by atoms with Crippen LogP contribution in [0.1, 0.15) is 32.3 Å². The van der Waals surface area contributed by atoms with E-state index in [0.29, 0.717) is 27.8 Å². The second-order valence-electron chi connectivity index (χ2n) is 9.85. The summed E-state index contributed by atoms with van der Waals surface area (Å²) in [7, 11) is 0. The summed E-state index contributed by atoms with van der Waals surface area (Å²) in [5, 5.41) is 42.0. The van der Waals surface area contributed by atoms with Crippen LogP contribution < -0.4 is 10.6 Å². The van der Waals surface area contributed by atoms with Crippen molar-refractivity contribution in [1.29, 1.82) is 0 Å². The molecule has 0 heterocycles. The standard InChI is InChI=1S/C33H31ClN6O4/c1-20-18-23(14-16-28(20)37-39-30(21(2)41)32(43)35-25-10-6-4-7-11-25)24-15-17-29(27(34)19-24)38-40-31(22(3)42)33(44)36-26-12-8-5-9-13-26/h4,6-8,10-19,41-42H,5,9H2,1-3H3,(H,35,43)(H,36,44)/b30-21-,31-22-,39-37?,40-38?. The molecule has 2 amide bonds. The Hall–Kier alpha value is -5.35. The van der Waals surface area contributed by atoms with Gasteiger partial charge in [0.2, 0.25) is 0 Å². The Morgan fingerprint density at radius 1 is 0.773 bits per heavy atom. The number of amides is 2. The van der Waals surface area contributed by atoms with E-state index in [9.17, 15) is 19.8 Å². The molecule has 1 aliphatic carbocycles. The van der Waals surface area contributed by atoms with Crippen LogP contribution in [0.2, 0.25) is 5.02 Å². The molecule has 0 aliphatic heterocycles. The molecule has 10 nitrogen and oxygen atoms in total. The van der Waals surface area contributed by atoms with Gasteiger partial charge in [0.15, 0.2) is 11.4 Å². The topological polar surface area (TPSA) is 148 Å². The largest absolute Gasteiger partial charge is 0.510 e. The first-order chi connectivity index (χ1) is 21.1. The first-order valence-corrected chi connectivity index (χ1v) is 14.1. The van der Waals surface area contributed by atoms with Crippen LogP contribution in [0.4, 0.5) is 17.1 Å². The fourth-order valence-electron chi connectivity index (χ4n) is 4.09. The number of azo groups is 2. The Morgan fingerprint density at radius 2 is 1.36 bits per heavy atom. The van der Waals surface area contributed by atoms with Crippen molar-refractivity contribution >= 4 is 40.5 Å². The summed E-state index contributed by atoms with van der Waals surface area (Å²) >= 11 is 6.50. The monoisotopic (exact) mass is 610 g/mol. The Kier molecular flexibility index (Phi) is 10.6. The van der Waals surface area contributed by atoms with E-state index in [-0.39, 0.29) is 22.9 Å². The van der Waals surface area contributed by atoms with Crippen molar-refractivity contribution in [3.05, 3.63) is 124 Å². The Balaban J connectivity index is 1.48. The lowest BCUT2D eigenvalue weighted by Crippen LogP contribution is -2.24. The average molecular weight is 611 g/mol. The first-order valence-electron chi connectivity index (χ1n) is 13.7. The summed E-state index contributed by atoms with van der Waals surface area (Å²) in [5.74, 6) is -1.71. The van der Waals surface area contributed by atoms with Crippen LogP contribution in [0.5, 0.6) is 0 Å². The lowest BCUT2D eigenvalue weighted by molar-refractivity contribution is -0.117. The van der Waals surface area contributed by atoms with E-state index < -0.39 is 11.8 Å². The molecule has 0 atom stereocenters. The molecule has 3 aromatic carbocycles. The number of aliphatic hydroxyl groups excluding tert-OH is 2. The van der Waals surface area contributed by atoms with Crippen molar-refractivity contribution in [2.75, 3.05) is 5.32 Å². The zero-order valence-electron chi connectivity index (χ0n) is 24.4. The number of nitrogens with zero attached hydrogens (tertiary/aromatic N) is 4. The Morgan fingerprint density at radius 3 is 1.93 bits per heavy atom. The van der Waals surface area contributed by atoms with E-state index in [2.05, 4.69) is 31.1 Å². The lowest BCUT2D eigenvalue weighted by Gasteiger charge is -2.09. The number of anilines is 1. The van der Waals surface area contributed by atoms with Gasteiger partial charge >= 0.3 is 0 Å². The first kappa shape index (κ1) is 31.6. The number of carbonyl (C=O) groups excluding carboxylic acids is 2. The molecule has 224 valence electrons. The molecule has 0 unspecified atom stereocenters. The van der Waals surface area contributed by atoms with Crippen molar-refractivity contribution in [3.8, 4) is 11.1 Å². The van der Waals surface area contributed by atoms with Crippen LogP contribution in [0.15, 0.2) is 134 Å². The molecule has 0 fully saturated rings. The Bertz CT molecular complexity index is 1750. The molecule has 0 aromatic heterocycles. The van der Waals surface area contributed by atoms with Crippen LogP contribution in [0.3, 0.4) is 0 Å². The van der Waals surface area contributed by atoms with Crippen molar-refractivity contribution in [2.24, 2.45) is 20.5 Å². The predicted molar refractivity (Wildman–Crippen MR) is 171 cm³/mol. The van der Waals surface area contributed by atoms with Gasteiger partial charge in [-0.15, -0.1) is 20.5 Å². The van der Waals surface area contributed by atoms with Gasteiger partial charge < -0.3 is 20.8 Å². The number of aryl methyl sites for hydroxylation is 1. The molecule has 4 N–H and O–H groups in total. The van der Waals surface area contributed by atoms with Crippen molar-refractivity contribution in [3.63, 3.8) is 0 Å². The van der Waals surface area contributed by atoms with E-state index in [0.717, 1.165) is 29.5 Å². The number of hydrogen-bond acceptors (Lipinski definition) is 8. The molecule has 1 aliphatic rings. The maximum atomic E-state index is 12.6. The summed E-state index contributed by atoms with van der Waals surface area (Å²) in [6.45, 7) is 4.57. The second-order valence-corrected chi connectivity index (χ2v) is 10.3. The number of halogens is 1. The third-order valence-corrected chi connectivity index (χ3v) is 6.70.